The minimum atomic E-state index is 1.30. The van der Waals surface area contributed by atoms with E-state index in [0.717, 1.165) is 0 Å². The van der Waals surface area contributed by atoms with E-state index in [1.54, 1.807) is 0 Å². The molecule has 4 aromatic rings. The molecule has 0 saturated heterocycles. The predicted molar refractivity (Wildman–Crippen MR) is 94.6 cm³/mol. The Hall–Kier alpha value is -1.77. The molecule has 0 bridgehead atoms. The van der Waals surface area contributed by atoms with E-state index in [1.807, 2.05) is 23.1 Å². The van der Waals surface area contributed by atoms with E-state index in [9.17, 15) is 0 Å². The van der Waals surface area contributed by atoms with Crippen LogP contribution in [0.15, 0.2) is 75.8 Å². The van der Waals surface area contributed by atoms with Gasteiger partial charge in [-0.2, -0.15) is 0 Å². The van der Waals surface area contributed by atoms with Crippen molar-refractivity contribution in [3.8, 4) is 0 Å². The number of thiophene rings is 1. The standard InChI is InChI=1S/C19H14S2/c1-13-6-9-15(10-7-13)21-18-12-20-17-11-8-14-4-2-3-5-16(14)19(17)18/h2-12H,1H3. The van der Waals surface area contributed by atoms with Crippen LogP contribution in [0.25, 0.3) is 20.9 Å². The molecule has 3 aromatic carbocycles. The number of benzene rings is 3. The van der Waals surface area contributed by atoms with Crippen molar-refractivity contribution in [3.63, 3.8) is 0 Å². The van der Waals surface area contributed by atoms with Crippen molar-refractivity contribution in [2.45, 2.75) is 16.7 Å². The highest BCUT2D eigenvalue weighted by atomic mass is 32.2. The third-order valence-electron chi connectivity index (χ3n) is 3.68. The van der Waals surface area contributed by atoms with Crippen LogP contribution < -0.4 is 0 Å². The quantitative estimate of drug-likeness (QED) is 0.406. The third kappa shape index (κ3) is 2.35. The van der Waals surface area contributed by atoms with Crippen LogP contribution in [0.5, 0.6) is 0 Å². The Morgan fingerprint density at radius 3 is 2.52 bits per heavy atom. The first kappa shape index (κ1) is 12.9. The first-order valence-electron chi connectivity index (χ1n) is 6.95. The molecule has 0 saturated carbocycles. The van der Waals surface area contributed by atoms with Gasteiger partial charge in [0, 0.05) is 25.3 Å². The van der Waals surface area contributed by atoms with Gasteiger partial charge in [0.2, 0.25) is 0 Å². The summed E-state index contributed by atoms with van der Waals surface area (Å²) in [5.41, 5.74) is 1.31. The van der Waals surface area contributed by atoms with Gasteiger partial charge in [0.15, 0.2) is 0 Å². The Labute approximate surface area is 132 Å². The van der Waals surface area contributed by atoms with E-state index in [-0.39, 0.29) is 0 Å². The second kappa shape index (κ2) is 5.21. The van der Waals surface area contributed by atoms with Gasteiger partial charge in [0.1, 0.15) is 0 Å². The first-order chi connectivity index (χ1) is 10.3. The molecule has 21 heavy (non-hydrogen) atoms. The fourth-order valence-electron chi connectivity index (χ4n) is 2.59. The van der Waals surface area contributed by atoms with E-state index in [2.05, 4.69) is 73.0 Å². The van der Waals surface area contributed by atoms with E-state index in [0.29, 0.717) is 0 Å². The topological polar surface area (TPSA) is 0 Å². The maximum atomic E-state index is 2.28. The van der Waals surface area contributed by atoms with Crippen LogP contribution in [0.2, 0.25) is 0 Å². The van der Waals surface area contributed by atoms with Gasteiger partial charge in [-0.05, 0) is 35.9 Å². The fraction of sp³-hybridized carbons (Fsp3) is 0.0526. The van der Waals surface area contributed by atoms with Crippen LogP contribution in [-0.2, 0) is 0 Å². The van der Waals surface area contributed by atoms with Gasteiger partial charge in [-0.1, -0.05) is 59.8 Å². The monoisotopic (exact) mass is 306 g/mol. The molecule has 1 heterocycles. The summed E-state index contributed by atoms with van der Waals surface area (Å²) in [6.07, 6.45) is 0. The van der Waals surface area contributed by atoms with Crippen LogP contribution in [0.4, 0.5) is 0 Å². The van der Waals surface area contributed by atoms with Crippen LogP contribution >= 0.6 is 23.1 Å². The van der Waals surface area contributed by atoms with E-state index in [1.165, 1.54) is 36.2 Å². The molecule has 0 aliphatic carbocycles. The summed E-state index contributed by atoms with van der Waals surface area (Å²) in [5, 5.41) is 6.34. The minimum absolute atomic E-state index is 1.30. The van der Waals surface area contributed by atoms with Gasteiger partial charge in [0.05, 0.1) is 0 Å². The summed E-state index contributed by atoms with van der Waals surface area (Å²) in [7, 11) is 0. The molecule has 0 radical (unpaired) electrons. The van der Waals surface area contributed by atoms with Gasteiger partial charge < -0.3 is 0 Å². The molecule has 0 N–H and O–H groups in total. The highest BCUT2D eigenvalue weighted by Gasteiger charge is 2.09. The Balaban J connectivity index is 1.88. The molecular formula is C19H14S2. The van der Waals surface area contributed by atoms with Crippen molar-refractivity contribution in [1.82, 2.24) is 0 Å². The fourth-order valence-corrected chi connectivity index (χ4v) is 4.67. The summed E-state index contributed by atoms with van der Waals surface area (Å²) in [6.45, 7) is 2.13. The van der Waals surface area contributed by atoms with Crippen molar-refractivity contribution in [1.29, 1.82) is 0 Å². The molecule has 0 fully saturated rings. The lowest BCUT2D eigenvalue weighted by atomic mass is 10.1. The Morgan fingerprint density at radius 1 is 0.857 bits per heavy atom. The van der Waals surface area contributed by atoms with Crippen LogP contribution in [0.3, 0.4) is 0 Å². The average Bonchev–Trinajstić information content (AvgIpc) is 2.93. The Morgan fingerprint density at radius 2 is 1.67 bits per heavy atom. The maximum absolute atomic E-state index is 2.28. The summed E-state index contributed by atoms with van der Waals surface area (Å²) in [4.78, 5) is 2.66. The Kier molecular flexibility index (Phi) is 3.21. The molecule has 0 spiro atoms. The van der Waals surface area contributed by atoms with Crippen molar-refractivity contribution in [2.24, 2.45) is 0 Å². The second-order valence-corrected chi connectivity index (χ2v) is 7.20. The largest absolute Gasteiger partial charge is 0.143 e. The maximum Gasteiger partial charge on any atom is 0.0360 e. The summed E-state index contributed by atoms with van der Waals surface area (Å²) in [6, 6.07) is 21.9. The lowest BCUT2D eigenvalue weighted by molar-refractivity contribution is 1.37. The van der Waals surface area contributed by atoms with Crippen molar-refractivity contribution in [3.05, 3.63) is 71.6 Å². The molecule has 4 rings (SSSR count). The zero-order valence-electron chi connectivity index (χ0n) is 11.7. The lowest BCUT2D eigenvalue weighted by Gasteiger charge is -2.04. The zero-order valence-corrected chi connectivity index (χ0v) is 13.3. The summed E-state index contributed by atoms with van der Waals surface area (Å²) >= 11 is 3.69. The summed E-state index contributed by atoms with van der Waals surface area (Å²) < 4.78 is 1.36. The van der Waals surface area contributed by atoms with Crippen molar-refractivity contribution < 1.29 is 0 Å². The van der Waals surface area contributed by atoms with E-state index < -0.39 is 0 Å². The summed E-state index contributed by atoms with van der Waals surface area (Å²) in [5.74, 6) is 0. The number of aryl methyl sites for hydroxylation is 1. The molecule has 0 amide bonds. The highest BCUT2D eigenvalue weighted by molar-refractivity contribution is 7.99. The average molecular weight is 306 g/mol. The molecule has 102 valence electrons. The van der Waals surface area contributed by atoms with Crippen LogP contribution in [-0.4, -0.2) is 0 Å². The van der Waals surface area contributed by atoms with Gasteiger partial charge in [-0.3, -0.25) is 0 Å². The SMILES string of the molecule is Cc1ccc(Sc2csc3ccc4ccccc4c23)cc1. The predicted octanol–water partition coefficient (Wildman–Crippen LogP) is 6.51. The molecule has 0 aliphatic heterocycles. The number of hydrogen-bond donors (Lipinski definition) is 0. The minimum Gasteiger partial charge on any atom is -0.143 e. The number of rotatable bonds is 2. The van der Waals surface area contributed by atoms with Gasteiger partial charge in [-0.15, -0.1) is 11.3 Å². The molecule has 0 atom stereocenters. The zero-order chi connectivity index (χ0) is 14.2. The number of hydrogen-bond acceptors (Lipinski definition) is 2. The van der Waals surface area contributed by atoms with E-state index >= 15 is 0 Å². The second-order valence-electron chi connectivity index (χ2n) is 5.17. The highest BCUT2D eigenvalue weighted by Crippen LogP contribution is 2.41. The van der Waals surface area contributed by atoms with Crippen LogP contribution in [0.1, 0.15) is 5.56 Å². The van der Waals surface area contributed by atoms with Gasteiger partial charge in [0.25, 0.3) is 0 Å². The molecular weight excluding hydrogens is 292 g/mol. The Bertz CT molecular complexity index is 917. The van der Waals surface area contributed by atoms with Crippen LogP contribution in [0, 0.1) is 6.92 Å². The first-order valence-corrected chi connectivity index (χ1v) is 8.64. The molecule has 0 nitrogen and oxygen atoms in total. The van der Waals surface area contributed by atoms with Crippen molar-refractivity contribution in [2.75, 3.05) is 0 Å². The van der Waals surface area contributed by atoms with Gasteiger partial charge in [-0.25, -0.2) is 0 Å². The number of fused-ring (bicyclic) bond motifs is 3. The lowest BCUT2D eigenvalue weighted by Crippen LogP contribution is -1.76. The molecule has 2 heteroatoms. The smallest absolute Gasteiger partial charge is 0.0360 e. The van der Waals surface area contributed by atoms with Gasteiger partial charge >= 0.3 is 0 Å². The molecule has 1 aromatic heterocycles. The molecule has 0 aliphatic rings. The third-order valence-corrected chi connectivity index (χ3v) is 5.83. The van der Waals surface area contributed by atoms with Crippen molar-refractivity contribution >= 4 is 44.0 Å². The normalized spacial score (nSPS) is 11.3. The molecule has 0 unspecified atom stereocenters. The van der Waals surface area contributed by atoms with E-state index in [4.69, 9.17) is 0 Å².